The predicted molar refractivity (Wildman–Crippen MR) is 69.2 cm³/mol. The number of nitrogen functional groups attached to an aromatic ring is 1. The number of hydrogen-bond acceptors (Lipinski definition) is 9. The first-order chi connectivity index (χ1) is 9.52. The molecule has 1 aliphatic rings. The molecule has 6 N–H and O–H groups in total. The maximum atomic E-state index is 11.7. The van der Waals surface area contributed by atoms with Crippen molar-refractivity contribution in [3.63, 3.8) is 0 Å². The fourth-order valence-corrected chi connectivity index (χ4v) is 2.94. The second-order valence-corrected chi connectivity index (χ2v) is 5.23. The topological polar surface area (TPSA) is 155 Å². The van der Waals surface area contributed by atoms with Crippen molar-refractivity contribution in [2.45, 2.75) is 24.4 Å². The highest BCUT2D eigenvalue weighted by Crippen LogP contribution is 2.36. The van der Waals surface area contributed by atoms with E-state index in [1.807, 2.05) is 0 Å². The van der Waals surface area contributed by atoms with Crippen LogP contribution in [0, 0.1) is 0 Å². The van der Waals surface area contributed by atoms with Crippen molar-refractivity contribution in [3.8, 4) is 0 Å². The molecule has 0 aliphatic carbocycles. The average Bonchev–Trinajstić information content (AvgIpc) is 2.93. The van der Waals surface area contributed by atoms with Crippen LogP contribution in [0.3, 0.4) is 0 Å². The van der Waals surface area contributed by atoms with Gasteiger partial charge in [-0.15, -0.1) is 0 Å². The summed E-state index contributed by atoms with van der Waals surface area (Å²) in [5.41, 5.74) is 5.51. The van der Waals surface area contributed by atoms with Gasteiger partial charge in [0.2, 0.25) is 5.95 Å². The zero-order valence-electron chi connectivity index (χ0n) is 10.1. The lowest BCUT2D eigenvalue weighted by Crippen LogP contribution is -2.32. The van der Waals surface area contributed by atoms with Gasteiger partial charge in [0.1, 0.15) is 40.3 Å². The summed E-state index contributed by atoms with van der Waals surface area (Å²) in [7, 11) is 0. The van der Waals surface area contributed by atoms with Crippen molar-refractivity contribution >= 4 is 27.7 Å². The van der Waals surface area contributed by atoms with Crippen LogP contribution in [-0.2, 0) is 4.74 Å². The summed E-state index contributed by atoms with van der Waals surface area (Å²) in [6, 6.07) is 0. The largest absolute Gasteiger partial charge is 0.394 e. The SMILES string of the molecule is Nc1nc2c([C@@H]3O[C@H](CO)[C@@H](O)[C@H]3O)nsc2c(=O)[nH]1. The number of ether oxygens (including phenoxy) is 1. The fourth-order valence-electron chi connectivity index (χ4n) is 2.19. The van der Waals surface area contributed by atoms with E-state index in [2.05, 4.69) is 14.3 Å². The van der Waals surface area contributed by atoms with E-state index < -0.39 is 36.6 Å². The third kappa shape index (κ3) is 1.89. The first kappa shape index (κ1) is 13.4. The number of hydrogen-bond donors (Lipinski definition) is 5. The summed E-state index contributed by atoms with van der Waals surface area (Å²) in [6.45, 7) is -0.438. The third-order valence-electron chi connectivity index (χ3n) is 3.18. The van der Waals surface area contributed by atoms with Crippen molar-refractivity contribution in [1.82, 2.24) is 14.3 Å². The lowest BCUT2D eigenvalue weighted by molar-refractivity contribution is -0.0233. The number of H-pyrrole nitrogens is 1. The number of anilines is 1. The quantitative estimate of drug-likeness (QED) is 0.431. The zero-order valence-corrected chi connectivity index (χ0v) is 10.9. The smallest absolute Gasteiger partial charge is 0.271 e. The first-order valence-electron chi connectivity index (χ1n) is 5.80. The van der Waals surface area contributed by atoms with Crippen LogP contribution >= 0.6 is 11.5 Å². The summed E-state index contributed by atoms with van der Waals surface area (Å²) in [5.74, 6) is -0.0734. The van der Waals surface area contributed by atoms with Crippen LogP contribution in [0.25, 0.3) is 10.2 Å². The van der Waals surface area contributed by atoms with Gasteiger partial charge in [-0.3, -0.25) is 9.78 Å². The highest BCUT2D eigenvalue weighted by molar-refractivity contribution is 7.13. The molecule has 0 amide bonds. The Morgan fingerprint density at radius 1 is 1.40 bits per heavy atom. The molecule has 2 aromatic heterocycles. The molecule has 0 spiro atoms. The number of aliphatic hydroxyl groups is 3. The van der Waals surface area contributed by atoms with E-state index in [1.54, 1.807) is 0 Å². The van der Waals surface area contributed by atoms with E-state index in [4.69, 9.17) is 15.6 Å². The van der Waals surface area contributed by atoms with Gasteiger partial charge in [0.05, 0.1) is 6.61 Å². The molecule has 4 atom stereocenters. The molecule has 108 valence electrons. The molecule has 1 fully saturated rings. The molecule has 1 aliphatic heterocycles. The molecule has 3 heterocycles. The summed E-state index contributed by atoms with van der Waals surface area (Å²) in [5, 5.41) is 28.8. The summed E-state index contributed by atoms with van der Waals surface area (Å²) in [4.78, 5) is 18.0. The van der Waals surface area contributed by atoms with E-state index in [0.29, 0.717) is 0 Å². The number of aromatic nitrogens is 3. The van der Waals surface area contributed by atoms with Crippen molar-refractivity contribution in [2.24, 2.45) is 0 Å². The van der Waals surface area contributed by atoms with Crippen LogP contribution in [-0.4, -0.2) is 54.6 Å². The second kappa shape index (κ2) is 4.75. The fraction of sp³-hybridized carbons (Fsp3) is 0.500. The van der Waals surface area contributed by atoms with Gasteiger partial charge in [-0.1, -0.05) is 0 Å². The number of aromatic amines is 1. The van der Waals surface area contributed by atoms with Crippen LogP contribution in [0.5, 0.6) is 0 Å². The van der Waals surface area contributed by atoms with Crippen molar-refractivity contribution in [2.75, 3.05) is 12.3 Å². The summed E-state index contributed by atoms with van der Waals surface area (Å²) in [6.07, 6.45) is -4.38. The minimum absolute atomic E-state index is 0.0734. The summed E-state index contributed by atoms with van der Waals surface area (Å²) < 4.78 is 9.68. The second-order valence-electron chi connectivity index (χ2n) is 4.46. The van der Waals surface area contributed by atoms with Gasteiger partial charge in [0, 0.05) is 0 Å². The monoisotopic (exact) mass is 300 g/mol. The highest BCUT2D eigenvalue weighted by Gasteiger charge is 2.45. The number of fused-ring (bicyclic) bond motifs is 1. The number of nitrogens with two attached hydrogens (primary N) is 1. The standard InChI is InChI=1S/C10H12N4O5S/c11-10-12-4-3(14-20-8(4)9(18)13-10)7-6(17)5(16)2(1-15)19-7/h2,5-7,15-17H,1H2,(H3,11,12,13,18)/t2-,5-,6-,7+/m1/s1. The van der Waals surface area contributed by atoms with Gasteiger partial charge < -0.3 is 25.8 Å². The molecule has 9 nitrogen and oxygen atoms in total. The van der Waals surface area contributed by atoms with E-state index in [1.165, 1.54) is 0 Å². The minimum atomic E-state index is -1.26. The molecular formula is C10H12N4O5S. The summed E-state index contributed by atoms with van der Waals surface area (Å²) >= 11 is 0.901. The van der Waals surface area contributed by atoms with Crippen LogP contribution < -0.4 is 11.3 Å². The molecule has 1 saturated heterocycles. The molecule has 0 saturated carbocycles. The Labute approximate surface area is 115 Å². The lowest BCUT2D eigenvalue weighted by Gasteiger charge is -2.12. The first-order valence-corrected chi connectivity index (χ1v) is 6.57. The van der Waals surface area contributed by atoms with Gasteiger partial charge in [-0.05, 0) is 11.5 Å². The van der Waals surface area contributed by atoms with Gasteiger partial charge in [0.25, 0.3) is 5.56 Å². The van der Waals surface area contributed by atoms with Gasteiger partial charge in [-0.25, -0.2) is 4.98 Å². The molecule has 0 aromatic carbocycles. The Kier molecular flexibility index (Phi) is 3.18. The Morgan fingerprint density at radius 3 is 2.80 bits per heavy atom. The molecule has 10 heteroatoms. The van der Waals surface area contributed by atoms with Crippen LogP contribution in [0.1, 0.15) is 11.8 Å². The highest BCUT2D eigenvalue weighted by atomic mass is 32.1. The minimum Gasteiger partial charge on any atom is -0.394 e. The van der Waals surface area contributed by atoms with E-state index >= 15 is 0 Å². The Bertz CT molecular complexity index is 701. The van der Waals surface area contributed by atoms with Crippen LogP contribution in [0.2, 0.25) is 0 Å². The molecule has 3 rings (SSSR count). The van der Waals surface area contributed by atoms with Crippen LogP contribution in [0.4, 0.5) is 5.95 Å². The Balaban J connectivity index is 2.09. The molecule has 0 unspecified atom stereocenters. The molecule has 2 aromatic rings. The van der Waals surface area contributed by atoms with E-state index in [-0.39, 0.29) is 21.9 Å². The number of nitrogens with zero attached hydrogens (tertiary/aromatic N) is 2. The van der Waals surface area contributed by atoms with Crippen molar-refractivity contribution < 1.29 is 20.1 Å². The number of rotatable bonds is 2. The van der Waals surface area contributed by atoms with Crippen molar-refractivity contribution in [1.29, 1.82) is 0 Å². The Hall–Kier alpha value is -1.59. The number of nitrogens with one attached hydrogen (secondary N) is 1. The lowest BCUT2D eigenvalue weighted by atomic mass is 10.1. The predicted octanol–water partition coefficient (Wildman–Crippen LogP) is -1.88. The van der Waals surface area contributed by atoms with Gasteiger partial charge in [-0.2, -0.15) is 4.37 Å². The maximum Gasteiger partial charge on any atom is 0.271 e. The Morgan fingerprint density at radius 2 is 2.15 bits per heavy atom. The molecule has 0 bridgehead atoms. The van der Waals surface area contributed by atoms with Gasteiger partial charge >= 0.3 is 0 Å². The zero-order chi connectivity index (χ0) is 14.4. The van der Waals surface area contributed by atoms with Crippen LogP contribution in [0.15, 0.2) is 4.79 Å². The van der Waals surface area contributed by atoms with Gasteiger partial charge in [0.15, 0.2) is 0 Å². The third-order valence-corrected chi connectivity index (χ3v) is 4.03. The number of aliphatic hydroxyl groups excluding tert-OH is 3. The molecular weight excluding hydrogens is 288 g/mol. The maximum absolute atomic E-state index is 11.7. The average molecular weight is 300 g/mol. The van der Waals surface area contributed by atoms with E-state index in [9.17, 15) is 15.0 Å². The van der Waals surface area contributed by atoms with Crippen molar-refractivity contribution in [3.05, 3.63) is 16.0 Å². The normalized spacial score (nSPS) is 30.1. The molecule has 0 radical (unpaired) electrons. The van der Waals surface area contributed by atoms with E-state index in [0.717, 1.165) is 11.5 Å². The molecule has 20 heavy (non-hydrogen) atoms.